The molecule has 1 saturated carbocycles. The van der Waals surface area contributed by atoms with Crippen LogP contribution >= 0.6 is 0 Å². The number of aliphatic hydroxyl groups is 1. The normalized spacial score (nSPS) is 21.8. The van der Waals surface area contributed by atoms with Gasteiger partial charge in [0, 0.05) is 25.3 Å². The molecule has 0 aromatic carbocycles. The number of amides is 3. The van der Waals surface area contributed by atoms with Crippen molar-refractivity contribution < 1.29 is 48.2 Å². The second-order valence-electron chi connectivity index (χ2n) is 12.2. The summed E-state index contributed by atoms with van der Waals surface area (Å²) in [5, 5.41) is 16.3. The lowest BCUT2D eigenvalue weighted by Crippen LogP contribution is -2.82. The van der Waals surface area contributed by atoms with Crippen molar-refractivity contribution in [1.82, 2.24) is 15.3 Å². The molecule has 5 atom stereocenters. The molecule has 3 amide bonds. The highest BCUT2D eigenvalue weighted by molar-refractivity contribution is 5.83. The average molecular weight is 588 g/mol. The van der Waals surface area contributed by atoms with Crippen LogP contribution in [0, 0.1) is 11.8 Å². The zero-order valence-electron chi connectivity index (χ0n) is 26.5. The number of hydrogen-bond acceptors (Lipinski definition) is 9. The molecular formula is C28H51N4O9+. The first kappa shape index (κ1) is 35.9. The monoisotopic (exact) mass is 587 g/mol. The molecule has 0 saturated heterocycles. The molecule has 1 aliphatic carbocycles. The summed E-state index contributed by atoms with van der Waals surface area (Å²) < 4.78 is 21.3. The molecule has 0 heterocycles. The highest BCUT2D eigenvalue weighted by Gasteiger charge is 2.51. The molecule has 13 heteroatoms. The fraction of sp³-hybridized carbons (Fsp3) is 0.821. The maximum Gasteiger partial charge on any atom is 0.532 e. The van der Waals surface area contributed by atoms with E-state index in [9.17, 15) is 24.3 Å². The maximum atomic E-state index is 13.2. The first-order valence-electron chi connectivity index (χ1n) is 14.2. The molecule has 1 aliphatic rings. The van der Waals surface area contributed by atoms with Crippen molar-refractivity contribution in [1.29, 1.82) is 0 Å². The van der Waals surface area contributed by atoms with Gasteiger partial charge in [-0.15, -0.1) is 5.01 Å². The van der Waals surface area contributed by atoms with Crippen LogP contribution in [0.15, 0.2) is 0 Å². The summed E-state index contributed by atoms with van der Waals surface area (Å²) in [5.41, 5.74) is -1.69. The van der Waals surface area contributed by atoms with Crippen molar-refractivity contribution in [3.05, 3.63) is 0 Å². The van der Waals surface area contributed by atoms with Crippen LogP contribution in [0.5, 0.6) is 0 Å². The molecule has 0 spiro atoms. The largest absolute Gasteiger partial charge is 0.532 e. The third-order valence-electron chi connectivity index (χ3n) is 6.55. The Morgan fingerprint density at radius 2 is 1.54 bits per heavy atom. The summed E-state index contributed by atoms with van der Waals surface area (Å²) in [7, 11) is 1.36. The SMILES string of the molecule is CCOC(=O)O[C@H]1C[C@@H]([NH+]=CN(C(=O)OC(C)(C)C)N(C)C(=O)OC(C)(C)C)[C@H]([C@@H](NC(C)=O)C(CC)CC)[C@@H]1O. The Morgan fingerprint density at radius 3 is 2.00 bits per heavy atom. The summed E-state index contributed by atoms with van der Waals surface area (Å²) in [4.78, 5) is 53.5. The number of hydrogen-bond donors (Lipinski definition) is 3. The Labute approximate surface area is 243 Å². The van der Waals surface area contributed by atoms with Crippen LogP contribution < -0.4 is 10.3 Å². The standard InChI is InChI=1S/C28H50N4O9/c1-12-18(13-2)22(30-17(4)33)21-19(15-20(23(21)34)39-26(37)38-14-3)29-16-32(25(36)41-28(8,9)10)31(11)24(35)40-27(5,6)7/h16,18-23,34H,12-15H2,1-11H3,(H,30,33)/p+1/t19-,20+,21-,22+,23-/m1/s1. The number of nitrogens with zero attached hydrogens (tertiary/aromatic N) is 2. The van der Waals surface area contributed by atoms with Crippen molar-refractivity contribution in [2.75, 3.05) is 13.7 Å². The van der Waals surface area contributed by atoms with Crippen molar-refractivity contribution in [2.24, 2.45) is 11.8 Å². The Morgan fingerprint density at radius 1 is 1.00 bits per heavy atom. The molecule has 1 fully saturated rings. The van der Waals surface area contributed by atoms with Crippen LogP contribution in [-0.4, -0.2) is 94.9 Å². The molecule has 236 valence electrons. The quantitative estimate of drug-likeness (QED) is 0.121. The van der Waals surface area contributed by atoms with E-state index in [2.05, 4.69) is 10.3 Å². The zero-order valence-corrected chi connectivity index (χ0v) is 26.5. The molecule has 3 N–H and O–H groups in total. The highest BCUT2D eigenvalue weighted by Crippen LogP contribution is 2.34. The van der Waals surface area contributed by atoms with E-state index in [0.717, 1.165) is 22.9 Å². The lowest BCUT2D eigenvalue weighted by Gasteiger charge is -2.34. The fourth-order valence-corrected chi connectivity index (χ4v) is 4.78. The van der Waals surface area contributed by atoms with Gasteiger partial charge >= 0.3 is 18.3 Å². The lowest BCUT2D eigenvalue weighted by molar-refractivity contribution is -0.513. The van der Waals surface area contributed by atoms with Crippen molar-refractivity contribution in [3.8, 4) is 0 Å². The Balaban J connectivity index is 3.55. The first-order chi connectivity index (χ1) is 18.8. The number of rotatable bonds is 9. The van der Waals surface area contributed by atoms with Gasteiger partial charge in [0.2, 0.25) is 5.91 Å². The predicted octanol–water partition coefficient (Wildman–Crippen LogP) is 2.35. The van der Waals surface area contributed by atoms with Gasteiger partial charge in [0.15, 0.2) is 0 Å². The smallest absolute Gasteiger partial charge is 0.441 e. The predicted molar refractivity (Wildman–Crippen MR) is 151 cm³/mol. The van der Waals surface area contributed by atoms with Gasteiger partial charge in [0.25, 0.3) is 6.34 Å². The van der Waals surface area contributed by atoms with Gasteiger partial charge in [-0.25, -0.2) is 9.59 Å². The minimum atomic E-state index is -1.17. The van der Waals surface area contributed by atoms with Crippen molar-refractivity contribution in [3.63, 3.8) is 0 Å². The summed E-state index contributed by atoms with van der Waals surface area (Å²) in [6.07, 6.45) is -1.87. The molecule has 1 rings (SSSR count). The second-order valence-corrected chi connectivity index (χ2v) is 12.2. The number of carbonyl (C=O) groups excluding carboxylic acids is 4. The molecule has 0 aromatic rings. The highest BCUT2D eigenvalue weighted by atomic mass is 16.7. The minimum absolute atomic E-state index is 0.00408. The van der Waals surface area contributed by atoms with Crippen LogP contribution in [0.2, 0.25) is 0 Å². The van der Waals surface area contributed by atoms with E-state index in [0.29, 0.717) is 0 Å². The first-order valence-corrected chi connectivity index (χ1v) is 14.2. The molecule has 13 nitrogen and oxygen atoms in total. The van der Waals surface area contributed by atoms with E-state index in [-0.39, 0.29) is 24.9 Å². The molecule has 0 unspecified atom stereocenters. The molecular weight excluding hydrogens is 536 g/mol. The topological polar surface area (TPSA) is 158 Å². The Kier molecular flexibility index (Phi) is 13.3. The molecule has 0 bridgehead atoms. The molecule has 0 aliphatic heterocycles. The summed E-state index contributed by atoms with van der Waals surface area (Å²) >= 11 is 0. The summed E-state index contributed by atoms with van der Waals surface area (Å²) in [5.74, 6) is -0.908. The van der Waals surface area contributed by atoms with Gasteiger partial charge in [-0.05, 0) is 54.4 Å². The van der Waals surface area contributed by atoms with E-state index in [1.165, 1.54) is 20.3 Å². The summed E-state index contributed by atoms with van der Waals surface area (Å²) in [6, 6.07) is -1.09. The average Bonchev–Trinajstić information content (AvgIpc) is 3.11. The van der Waals surface area contributed by atoms with Crippen LogP contribution in [0.4, 0.5) is 14.4 Å². The minimum Gasteiger partial charge on any atom is -0.441 e. The van der Waals surface area contributed by atoms with Gasteiger partial charge in [0.1, 0.15) is 29.5 Å². The van der Waals surface area contributed by atoms with Crippen LogP contribution in [0.25, 0.3) is 0 Å². The van der Waals surface area contributed by atoms with Gasteiger partial charge in [-0.1, -0.05) is 31.7 Å². The van der Waals surface area contributed by atoms with Gasteiger partial charge < -0.3 is 29.4 Å². The lowest BCUT2D eigenvalue weighted by atomic mass is 9.81. The van der Waals surface area contributed by atoms with E-state index in [1.54, 1.807) is 48.5 Å². The molecule has 0 aromatic heterocycles. The van der Waals surface area contributed by atoms with E-state index < -0.39 is 59.8 Å². The third kappa shape index (κ3) is 11.4. The van der Waals surface area contributed by atoms with E-state index in [1.807, 2.05) is 13.8 Å². The van der Waals surface area contributed by atoms with Crippen LogP contribution in [0.1, 0.15) is 88.5 Å². The molecule has 0 radical (unpaired) electrons. The second kappa shape index (κ2) is 15.2. The fourth-order valence-electron chi connectivity index (χ4n) is 4.78. The molecule has 41 heavy (non-hydrogen) atoms. The number of carbonyl (C=O) groups is 4. The third-order valence-corrected chi connectivity index (χ3v) is 6.55. The van der Waals surface area contributed by atoms with E-state index in [4.69, 9.17) is 18.9 Å². The van der Waals surface area contributed by atoms with Gasteiger partial charge in [-0.2, -0.15) is 4.79 Å². The zero-order chi connectivity index (χ0) is 31.7. The van der Waals surface area contributed by atoms with Gasteiger partial charge in [-0.3, -0.25) is 9.79 Å². The van der Waals surface area contributed by atoms with Crippen molar-refractivity contribution in [2.45, 2.75) is 124 Å². The van der Waals surface area contributed by atoms with Gasteiger partial charge in [0.05, 0.1) is 13.7 Å². The Hall–Kier alpha value is -3.09. The number of nitrogens with one attached hydrogen (secondary N) is 2. The number of aliphatic hydroxyl groups excluding tert-OH is 1. The van der Waals surface area contributed by atoms with Crippen LogP contribution in [-0.2, 0) is 23.7 Å². The van der Waals surface area contributed by atoms with Crippen molar-refractivity contribution >= 4 is 30.6 Å². The van der Waals surface area contributed by atoms with Crippen LogP contribution in [0.3, 0.4) is 0 Å². The Bertz CT molecular complexity index is 925. The number of hydrazine groups is 1. The van der Waals surface area contributed by atoms with E-state index >= 15 is 0 Å². The number of ether oxygens (including phenoxy) is 4. The maximum absolute atomic E-state index is 13.2. The summed E-state index contributed by atoms with van der Waals surface area (Å²) in [6.45, 7) is 17.3.